The van der Waals surface area contributed by atoms with E-state index in [1.165, 1.54) is 4.90 Å². The largest absolute Gasteiger partial charge is 0.481 e. The van der Waals surface area contributed by atoms with Gasteiger partial charge in [-0.25, -0.2) is 0 Å². The maximum atomic E-state index is 12.2. The lowest BCUT2D eigenvalue weighted by atomic mass is 10.1. The number of carboxylic acids is 1. The molecule has 1 aliphatic carbocycles. The first-order chi connectivity index (χ1) is 10.6. The van der Waals surface area contributed by atoms with Gasteiger partial charge in [-0.1, -0.05) is 26.0 Å². The Morgan fingerprint density at radius 1 is 1.13 bits per heavy atom. The van der Waals surface area contributed by atoms with Gasteiger partial charge in [0.2, 0.25) is 11.8 Å². The van der Waals surface area contributed by atoms with Crippen molar-refractivity contribution in [2.45, 2.75) is 20.3 Å². The van der Waals surface area contributed by atoms with E-state index < -0.39 is 23.2 Å². The van der Waals surface area contributed by atoms with Crippen LogP contribution in [-0.2, 0) is 20.8 Å². The third-order valence-corrected chi connectivity index (χ3v) is 4.45. The molecule has 1 aliphatic rings. The van der Waals surface area contributed by atoms with Crippen LogP contribution < -0.4 is 5.32 Å². The van der Waals surface area contributed by atoms with Crippen LogP contribution in [-0.4, -0.2) is 41.9 Å². The molecule has 6 heteroatoms. The van der Waals surface area contributed by atoms with Crippen molar-refractivity contribution < 1.29 is 19.5 Å². The lowest BCUT2D eigenvalue weighted by molar-refractivity contribution is -0.140. The fraction of sp³-hybridized carbons (Fsp3) is 0.471. The Balaban J connectivity index is 1.98. The van der Waals surface area contributed by atoms with Crippen LogP contribution in [0.5, 0.6) is 0 Å². The van der Waals surface area contributed by atoms with E-state index in [4.69, 9.17) is 5.11 Å². The minimum Gasteiger partial charge on any atom is -0.481 e. The molecule has 0 bridgehead atoms. The molecule has 6 nitrogen and oxygen atoms in total. The Morgan fingerprint density at radius 3 is 2.13 bits per heavy atom. The van der Waals surface area contributed by atoms with Crippen LogP contribution in [0.1, 0.15) is 19.4 Å². The summed E-state index contributed by atoms with van der Waals surface area (Å²) in [7, 11) is 3.40. The fourth-order valence-corrected chi connectivity index (χ4v) is 2.85. The number of nitrogens with zero attached hydrogens (tertiary/aromatic N) is 1. The van der Waals surface area contributed by atoms with Crippen molar-refractivity contribution in [3.63, 3.8) is 0 Å². The smallest absolute Gasteiger partial charge is 0.307 e. The van der Waals surface area contributed by atoms with Gasteiger partial charge in [0.1, 0.15) is 0 Å². The van der Waals surface area contributed by atoms with E-state index in [2.05, 4.69) is 5.32 Å². The van der Waals surface area contributed by atoms with Crippen LogP contribution in [0.2, 0.25) is 0 Å². The lowest BCUT2D eigenvalue weighted by Crippen LogP contribution is -2.23. The molecule has 2 amide bonds. The maximum absolute atomic E-state index is 12.2. The van der Waals surface area contributed by atoms with Gasteiger partial charge in [-0.05, 0) is 23.1 Å². The second kappa shape index (κ2) is 6.02. The molecule has 1 saturated carbocycles. The Morgan fingerprint density at radius 2 is 1.70 bits per heavy atom. The molecule has 23 heavy (non-hydrogen) atoms. The molecule has 2 rings (SSSR count). The predicted octanol–water partition coefficient (Wildman–Crippen LogP) is 1.61. The van der Waals surface area contributed by atoms with Gasteiger partial charge in [0.05, 0.1) is 18.3 Å². The number of carboxylic acid groups (broad SMARTS) is 1. The second-order valence-corrected chi connectivity index (χ2v) is 6.77. The number of hydrogen-bond donors (Lipinski definition) is 2. The summed E-state index contributed by atoms with van der Waals surface area (Å²) in [6, 6.07) is 7.01. The van der Waals surface area contributed by atoms with Crippen molar-refractivity contribution in [3.8, 4) is 0 Å². The van der Waals surface area contributed by atoms with Crippen molar-refractivity contribution in [1.82, 2.24) is 4.90 Å². The molecule has 2 atom stereocenters. The Kier molecular flexibility index (Phi) is 4.45. The third kappa shape index (κ3) is 3.52. The topological polar surface area (TPSA) is 86.7 Å². The van der Waals surface area contributed by atoms with Crippen molar-refractivity contribution >= 4 is 23.5 Å². The number of rotatable bonds is 5. The van der Waals surface area contributed by atoms with Crippen molar-refractivity contribution in [1.29, 1.82) is 0 Å². The Labute approximate surface area is 135 Å². The average Bonchev–Trinajstić information content (AvgIpc) is 3.04. The first-order valence-electron chi connectivity index (χ1n) is 7.47. The van der Waals surface area contributed by atoms with E-state index >= 15 is 0 Å². The molecular weight excluding hydrogens is 296 g/mol. The standard InChI is InChI=1S/C17H22N2O4/c1-17(2)13(14(17)16(22)23)15(21)18-11-7-5-10(6-8-11)9-12(20)19(3)4/h5-8,13-14H,9H2,1-4H3,(H,18,21)(H,22,23)/t13-,14+/m0/s1. The number of carbonyl (C=O) groups is 3. The first-order valence-corrected chi connectivity index (χ1v) is 7.47. The molecule has 1 fully saturated rings. The molecule has 0 spiro atoms. The number of aliphatic carboxylic acids is 1. The lowest BCUT2D eigenvalue weighted by Gasteiger charge is -2.11. The summed E-state index contributed by atoms with van der Waals surface area (Å²) in [5.41, 5.74) is 0.938. The number of amides is 2. The molecule has 0 unspecified atom stereocenters. The highest BCUT2D eigenvalue weighted by molar-refractivity contribution is 5.99. The average molecular weight is 318 g/mol. The Hall–Kier alpha value is -2.37. The van der Waals surface area contributed by atoms with E-state index in [0.717, 1.165) is 5.56 Å². The highest BCUT2D eigenvalue weighted by Gasteiger charge is 2.65. The fourth-order valence-electron chi connectivity index (χ4n) is 2.85. The van der Waals surface area contributed by atoms with E-state index in [9.17, 15) is 14.4 Å². The molecule has 1 aromatic rings. The monoisotopic (exact) mass is 318 g/mol. The summed E-state index contributed by atoms with van der Waals surface area (Å²) in [6.45, 7) is 3.57. The number of benzene rings is 1. The van der Waals surface area contributed by atoms with Gasteiger partial charge in [0, 0.05) is 19.8 Å². The van der Waals surface area contributed by atoms with Crippen molar-refractivity contribution in [2.24, 2.45) is 17.3 Å². The van der Waals surface area contributed by atoms with Crippen LogP contribution in [0.3, 0.4) is 0 Å². The molecule has 0 aromatic heterocycles. The quantitative estimate of drug-likeness (QED) is 0.863. The summed E-state index contributed by atoms with van der Waals surface area (Å²) in [5, 5.41) is 11.9. The number of anilines is 1. The zero-order chi connectivity index (χ0) is 17.4. The summed E-state index contributed by atoms with van der Waals surface area (Å²) in [4.78, 5) is 36.5. The number of carbonyl (C=O) groups excluding carboxylic acids is 2. The molecule has 2 N–H and O–H groups in total. The van der Waals surface area contributed by atoms with Crippen LogP contribution in [0, 0.1) is 17.3 Å². The van der Waals surface area contributed by atoms with Gasteiger partial charge >= 0.3 is 5.97 Å². The summed E-state index contributed by atoms with van der Waals surface area (Å²) < 4.78 is 0. The van der Waals surface area contributed by atoms with Gasteiger partial charge in [-0.3, -0.25) is 14.4 Å². The summed E-state index contributed by atoms with van der Waals surface area (Å²) in [5.74, 6) is -2.37. The van der Waals surface area contributed by atoms with Gasteiger partial charge < -0.3 is 15.3 Å². The molecule has 0 heterocycles. The number of hydrogen-bond acceptors (Lipinski definition) is 3. The highest BCUT2D eigenvalue weighted by Crippen LogP contribution is 2.58. The van der Waals surface area contributed by atoms with Crippen LogP contribution in [0.4, 0.5) is 5.69 Å². The van der Waals surface area contributed by atoms with E-state index in [1.54, 1.807) is 52.2 Å². The highest BCUT2D eigenvalue weighted by atomic mass is 16.4. The van der Waals surface area contributed by atoms with E-state index in [1.807, 2.05) is 0 Å². The minimum absolute atomic E-state index is 0.00538. The zero-order valence-electron chi connectivity index (χ0n) is 13.8. The van der Waals surface area contributed by atoms with Gasteiger partial charge in [0.15, 0.2) is 0 Å². The van der Waals surface area contributed by atoms with Gasteiger partial charge in [-0.15, -0.1) is 0 Å². The Bertz CT molecular complexity index is 634. The van der Waals surface area contributed by atoms with Crippen molar-refractivity contribution in [2.75, 3.05) is 19.4 Å². The molecular formula is C17H22N2O4. The maximum Gasteiger partial charge on any atom is 0.307 e. The summed E-state index contributed by atoms with van der Waals surface area (Å²) in [6.07, 6.45) is 0.304. The van der Waals surface area contributed by atoms with E-state index in [0.29, 0.717) is 12.1 Å². The SMILES string of the molecule is CN(C)C(=O)Cc1ccc(NC(=O)[C@@H]2[C@H](C(=O)O)C2(C)C)cc1. The molecule has 1 aromatic carbocycles. The van der Waals surface area contributed by atoms with Gasteiger partial charge in [0.25, 0.3) is 0 Å². The van der Waals surface area contributed by atoms with E-state index in [-0.39, 0.29) is 11.8 Å². The molecule has 0 aliphatic heterocycles. The van der Waals surface area contributed by atoms with Gasteiger partial charge in [-0.2, -0.15) is 0 Å². The normalized spacial score (nSPS) is 21.4. The van der Waals surface area contributed by atoms with Crippen LogP contribution in [0.25, 0.3) is 0 Å². The summed E-state index contributed by atoms with van der Waals surface area (Å²) >= 11 is 0. The minimum atomic E-state index is -0.937. The third-order valence-electron chi connectivity index (χ3n) is 4.45. The predicted molar refractivity (Wildman–Crippen MR) is 85.9 cm³/mol. The molecule has 0 radical (unpaired) electrons. The molecule has 124 valence electrons. The zero-order valence-corrected chi connectivity index (χ0v) is 13.8. The first kappa shape index (κ1) is 17.0. The van der Waals surface area contributed by atoms with Crippen LogP contribution >= 0.6 is 0 Å². The number of nitrogens with one attached hydrogen (secondary N) is 1. The van der Waals surface area contributed by atoms with Crippen molar-refractivity contribution in [3.05, 3.63) is 29.8 Å². The second-order valence-electron chi connectivity index (χ2n) is 6.77. The molecule has 0 saturated heterocycles. The van der Waals surface area contributed by atoms with Crippen LogP contribution in [0.15, 0.2) is 24.3 Å². The number of likely N-dealkylation sites (N-methyl/N-ethyl adjacent to an activating group) is 1.